The second-order valence-electron chi connectivity index (χ2n) is 2.36. The van der Waals surface area contributed by atoms with Gasteiger partial charge in [-0.2, -0.15) is 0 Å². The SMILES string of the molecule is [C-]#CC#CONC(CC#CC#CC#C)C(=O)O. The fourth-order valence-electron chi connectivity index (χ4n) is 0.596. The van der Waals surface area contributed by atoms with Gasteiger partial charge in [-0.1, -0.05) is 5.92 Å². The largest absolute Gasteiger partial charge is 0.480 e. The van der Waals surface area contributed by atoms with Crippen molar-refractivity contribution in [2.75, 3.05) is 0 Å². The zero-order valence-corrected chi connectivity index (χ0v) is 8.63. The molecule has 0 radical (unpaired) electrons. The van der Waals surface area contributed by atoms with Crippen LogP contribution in [0.2, 0.25) is 0 Å². The number of hydroxylamine groups is 1. The van der Waals surface area contributed by atoms with E-state index < -0.39 is 12.0 Å². The summed E-state index contributed by atoms with van der Waals surface area (Å²) >= 11 is 0. The summed E-state index contributed by atoms with van der Waals surface area (Å²) in [6.45, 7) is 0. The Kier molecular flexibility index (Phi) is 7.91. The van der Waals surface area contributed by atoms with Gasteiger partial charge in [0.05, 0.1) is 0 Å². The van der Waals surface area contributed by atoms with Crippen LogP contribution < -0.4 is 5.48 Å². The molecule has 0 rings (SSSR count). The van der Waals surface area contributed by atoms with Crippen molar-refractivity contribution < 1.29 is 14.7 Å². The Morgan fingerprint density at radius 1 is 1.41 bits per heavy atom. The van der Waals surface area contributed by atoms with Gasteiger partial charge in [0.15, 0.2) is 6.04 Å². The third kappa shape index (κ3) is 8.05. The van der Waals surface area contributed by atoms with Crippen LogP contribution in [0.3, 0.4) is 0 Å². The Labute approximate surface area is 99.7 Å². The normalized spacial score (nSPS) is 8.35. The third-order valence-electron chi connectivity index (χ3n) is 1.26. The maximum absolute atomic E-state index is 10.7. The number of carbonyl (C=O) groups is 1. The van der Waals surface area contributed by atoms with E-state index in [4.69, 9.17) is 18.0 Å². The molecule has 0 aliphatic heterocycles. The summed E-state index contributed by atoms with van der Waals surface area (Å²) in [4.78, 5) is 15.2. The average Bonchev–Trinajstić information content (AvgIpc) is 2.31. The predicted molar refractivity (Wildman–Crippen MR) is 59.6 cm³/mol. The molecule has 82 valence electrons. The van der Waals surface area contributed by atoms with Gasteiger partial charge in [-0.05, 0) is 23.7 Å². The van der Waals surface area contributed by atoms with Crippen LogP contribution in [0.25, 0.3) is 0 Å². The highest BCUT2D eigenvalue weighted by molar-refractivity contribution is 5.73. The smallest absolute Gasteiger partial charge is 0.325 e. The molecule has 0 aliphatic carbocycles. The first-order chi connectivity index (χ1) is 8.22. The molecule has 0 saturated heterocycles. The van der Waals surface area contributed by atoms with Gasteiger partial charge in [0.1, 0.15) is 0 Å². The quantitative estimate of drug-likeness (QED) is 0.385. The van der Waals surface area contributed by atoms with E-state index in [0.29, 0.717) is 0 Å². The molecule has 0 aliphatic rings. The molecule has 0 aromatic heterocycles. The van der Waals surface area contributed by atoms with E-state index >= 15 is 0 Å². The molecule has 0 bridgehead atoms. The summed E-state index contributed by atoms with van der Waals surface area (Å²) in [6, 6.07) is -1.05. The molecule has 17 heavy (non-hydrogen) atoms. The first-order valence-electron chi connectivity index (χ1n) is 4.21. The summed E-state index contributed by atoms with van der Waals surface area (Å²) in [7, 11) is 0. The highest BCUT2D eigenvalue weighted by Gasteiger charge is 2.15. The molecule has 0 aromatic carbocycles. The molecule has 1 atom stereocenters. The number of carboxylic acids is 1. The first kappa shape index (κ1) is 14.0. The monoisotopic (exact) mass is 224 g/mol. The Bertz CT molecular complexity index is 529. The van der Waals surface area contributed by atoms with Crippen molar-refractivity contribution in [2.45, 2.75) is 12.5 Å². The van der Waals surface area contributed by atoms with Crippen LogP contribution in [0.5, 0.6) is 0 Å². The van der Waals surface area contributed by atoms with Gasteiger partial charge in [0.2, 0.25) is 0 Å². The maximum atomic E-state index is 10.7. The molecule has 0 spiro atoms. The van der Waals surface area contributed by atoms with Crippen molar-refractivity contribution in [1.29, 1.82) is 0 Å². The standard InChI is InChI=1S/C13H6NO3/c1-3-5-7-8-9-10-12(13(15)16)14-17-11-6-4-2/h1,12,14H,10H2,(H,15,16)/q-1. The lowest BCUT2D eigenvalue weighted by atomic mass is 10.2. The van der Waals surface area contributed by atoms with E-state index in [-0.39, 0.29) is 6.42 Å². The second-order valence-corrected chi connectivity index (χ2v) is 2.36. The summed E-state index contributed by atoms with van der Waals surface area (Å²) < 4.78 is 0. The number of nitrogens with one attached hydrogen (secondary N) is 1. The minimum atomic E-state index is -1.15. The molecule has 0 fully saturated rings. The van der Waals surface area contributed by atoms with Gasteiger partial charge in [0, 0.05) is 12.5 Å². The molecule has 0 aromatic rings. The number of rotatable bonds is 4. The average molecular weight is 224 g/mol. The highest BCUT2D eigenvalue weighted by atomic mass is 16.6. The molecule has 0 heterocycles. The minimum absolute atomic E-state index is 0.0232. The molecular formula is C13H6NO3-. The van der Waals surface area contributed by atoms with Gasteiger partial charge in [0.25, 0.3) is 0 Å². The summed E-state index contributed by atoms with van der Waals surface area (Å²) in [6.07, 6.45) is 13.3. The van der Waals surface area contributed by atoms with Crippen molar-refractivity contribution in [1.82, 2.24) is 5.48 Å². The fraction of sp³-hybridized carbons (Fsp3) is 0.154. The topological polar surface area (TPSA) is 58.6 Å². The van der Waals surface area contributed by atoms with Crippen LogP contribution in [0.4, 0.5) is 0 Å². The summed E-state index contributed by atoms with van der Waals surface area (Å²) in [5.41, 5.74) is 2.16. The third-order valence-corrected chi connectivity index (χ3v) is 1.26. The lowest BCUT2D eigenvalue weighted by molar-refractivity contribution is -0.142. The molecule has 1 unspecified atom stereocenters. The Hall–Kier alpha value is -2.97. The molecule has 4 heteroatoms. The predicted octanol–water partition coefficient (Wildman–Crippen LogP) is -0.458. The van der Waals surface area contributed by atoms with Crippen LogP contribution in [0.1, 0.15) is 6.42 Å². The van der Waals surface area contributed by atoms with E-state index in [2.05, 4.69) is 39.9 Å². The maximum Gasteiger partial charge on any atom is 0.325 e. The summed E-state index contributed by atoms with van der Waals surface area (Å²) in [5.74, 6) is 14.2. The Morgan fingerprint density at radius 3 is 2.76 bits per heavy atom. The van der Waals surface area contributed by atoms with Crippen LogP contribution >= 0.6 is 0 Å². The molecule has 0 amide bonds. The Balaban J connectivity index is 4.26. The van der Waals surface area contributed by atoms with Gasteiger partial charge in [-0.15, -0.1) is 11.9 Å². The minimum Gasteiger partial charge on any atom is -0.480 e. The zero-order valence-electron chi connectivity index (χ0n) is 8.63. The number of terminal acetylenes is 1. The second kappa shape index (κ2) is 9.58. The van der Waals surface area contributed by atoms with Gasteiger partial charge < -0.3 is 16.4 Å². The number of aliphatic carboxylic acids is 1. The molecule has 2 N–H and O–H groups in total. The van der Waals surface area contributed by atoms with E-state index in [1.807, 2.05) is 12.0 Å². The number of hydrogen-bond acceptors (Lipinski definition) is 3. The van der Waals surface area contributed by atoms with Crippen molar-refractivity contribution in [3.63, 3.8) is 0 Å². The van der Waals surface area contributed by atoms with Crippen LogP contribution in [0, 0.1) is 60.4 Å². The molecule has 4 nitrogen and oxygen atoms in total. The van der Waals surface area contributed by atoms with Crippen molar-refractivity contribution in [3.05, 3.63) is 6.42 Å². The number of hydrogen-bond donors (Lipinski definition) is 2. The first-order valence-corrected chi connectivity index (χ1v) is 4.21. The van der Waals surface area contributed by atoms with Crippen molar-refractivity contribution in [2.24, 2.45) is 0 Å². The van der Waals surface area contributed by atoms with Crippen molar-refractivity contribution >= 4 is 5.97 Å². The lowest BCUT2D eigenvalue weighted by Gasteiger charge is -2.08. The van der Waals surface area contributed by atoms with E-state index in [1.165, 1.54) is 0 Å². The van der Waals surface area contributed by atoms with E-state index in [0.717, 1.165) is 0 Å². The van der Waals surface area contributed by atoms with Crippen LogP contribution in [-0.4, -0.2) is 17.1 Å². The fourth-order valence-corrected chi connectivity index (χ4v) is 0.596. The van der Waals surface area contributed by atoms with Gasteiger partial charge in [-0.25, -0.2) is 5.92 Å². The van der Waals surface area contributed by atoms with Gasteiger partial charge >= 0.3 is 5.97 Å². The zero-order chi connectivity index (χ0) is 12.9. The van der Waals surface area contributed by atoms with Gasteiger partial charge in [-0.3, -0.25) is 10.7 Å². The van der Waals surface area contributed by atoms with E-state index in [9.17, 15) is 4.79 Å². The number of carboxylic acid groups (broad SMARTS) is 1. The summed E-state index contributed by atoms with van der Waals surface area (Å²) in [5, 5.41) is 8.75. The van der Waals surface area contributed by atoms with E-state index in [1.54, 1.807) is 5.92 Å². The molecular weight excluding hydrogens is 218 g/mol. The lowest BCUT2D eigenvalue weighted by Crippen LogP contribution is -2.35. The van der Waals surface area contributed by atoms with Crippen molar-refractivity contribution in [3.8, 4) is 54.0 Å². The Morgan fingerprint density at radius 2 is 2.18 bits per heavy atom. The molecule has 0 saturated carbocycles. The van der Waals surface area contributed by atoms with Crippen LogP contribution in [0.15, 0.2) is 0 Å². The highest BCUT2D eigenvalue weighted by Crippen LogP contribution is 1.90. The van der Waals surface area contributed by atoms with Crippen LogP contribution in [-0.2, 0) is 9.63 Å².